The van der Waals surface area contributed by atoms with Gasteiger partial charge in [-0.2, -0.15) is 0 Å². The van der Waals surface area contributed by atoms with Crippen LogP contribution >= 0.6 is 0 Å². The monoisotopic (exact) mass is 316 g/mol. The summed E-state index contributed by atoms with van der Waals surface area (Å²) in [5, 5.41) is 19.5. The van der Waals surface area contributed by atoms with Crippen molar-refractivity contribution in [2.45, 2.75) is 90.2 Å². The van der Waals surface area contributed by atoms with Gasteiger partial charge >= 0.3 is 5.95 Å². The Balaban J connectivity index is 1.59. The summed E-state index contributed by atoms with van der Waals surface area (Å²) in [6.07, 6.45) is 2.59. The van der Waals surface area contributed by atoms with Gasteiger partial charge in [-0.1, -0.05) is 0 Å². The number of hydrogen-bond donors (Lipinski definition) is 2. The van der Waals surface area contributed by atoms with Crippen LogP contribution in [0.25, 0.3) is 0 Å². The molecule has 0 aromatic heterocycles. The summed E-state index contributed by atoms with van der Waals surface area (Å²) < 4.78 is 21.6. The first-order valence-electron chi connectivity index (χ1n) is 8.01. The Morgan fingerprint density at radius 1 is 1.27 bits per heavy atom. The second-order valence-electron chi connectivity index (χ2n) is 7.00. The standard InChI is InChI=1S/C16H28O6/c1-10(7-5-6-8-13(18)22-16(2,3)4)19-14-11(17)9-12-15(20-12)21-14/h10,12-13,15,17-18H,5-9H2,1-4H3/t10?,12-,13?,15?/m1/s1. The Morgan fingerprint density at radius 3 is 2.64 bits per heavy atom. The first-order chi connectivity index (χ1) is 10.2. The average molecular weight is 316 g/mol. The van der Waals surface area contributed by atoms with E-state index in [9.17, 15) is 10.2 Å². The third kappa shape index (κ3) is 5.66. The fourth-order valence-electron chi connectivity index (χ4n) is 2.38. The fourth-order valence-corrected chi connectivity index (χ4v) is 2.38. The van der Waals surface area contributed by atoms with Crippen molar-refractivity contribution in [3.05, 3.63) is 11.7 Å². The molecule has 128 valence electrons. The summed E-state index contributed by atoms with van der Waals surface area (Å²) in [4.78, 5) is 0. The molecule has 1 fully saturated rings. The molecule has 1 saturated heterocycles. The Labute approximate surface area is 132 Å². The lowest BCUT2D eigenvalue weighted by Crippen LogP contribution is -2.27. The van der Waals surface area contributed by atoms with Gasteiger partial charge in [0.25, 0.3) is 0 Å². The van der Waals surface area contributed by atoms with E-state index in [1.165, 1.54) is 0 Å². The lowest BCUT2D eigenvalue weighted by Gasteiger charge is -2.24. The van der Waals surface area contributed by atoms with Crippen LogP contribution in [-0.4, -0.2) is 40.6 Å². The highest BCUT2D eigenvalue weighted by Crippen LogP contribution is 2.37. The van der Waals surface area contributed by atoms with Gasteiger partial charge in [0.2, 0.25) is 6.29 Å². The summed E-state index contributed by atoms with van der Waals surface area (Å²) in [5.74, 6) is 0.321. The number of epoxide rings is 1. The third-order valence-electron chi connectivity index (χ3n) is 3.50. The normalized spacial score (nSPS) is 27.0. The van der Waals surface area contributed by atoms with E-state index in [2.05, 4.69) is 0 Å². The topological polar surface area (TPSA) is 80.7 Å². The van der Waals surface area contributed by atoms with Crippen molar-refractivity contribution in [1.29, 1.82) is 0 Å². The molecule has 2 rings (SSSR count). The van der Waals surface area contributed by atoms with Crippen molar-refractivity contribution in [3.63, 3.8) is 0 Å². The molecular weight excluding hydrogens is 288 g/mol. The van der Waals surface area contributed by atoms with Crippen molar-refractivity contribution in [2.24, 2.45) is 0 Å². The Kier molecular flexibility index (Phi) is 5.58. The van der Waals surface area contributed by atoms with Crippen LogP contribution in [0, 0.1) is 0 Å². The molecule has 2 N–H and O–H groups in total. The zero-order chi connectivity index (χ0) is 16.3. The molecule has 0 radical (unpaired) electrons. The summed E-state index contributed by atoms with van der Waals surface area (Å²) in [6.45, 7) is 7.70. The van der Waals surface area contributed by atoms with Crippen LogP contribution in [0.3, 0.4) is 0 Å². The van der Waals surface area contributed by atoms with Crippen LogP contribution in [0.2, 0.25) is 0 Å². The van der Waals surface area contributed by atoms with E-state index in [0.717, 1.165) is 19.3 Å². The van der Waals surface area contributed by atoms with Crippen LogP contribution in [0.15, 0.2) is 11.7 Å². The summed E-state index contributed by atoms with van der Waals surface area (Å²) in [7, 11) is 0. The molecule has 0 saturated carbocycles. The maximum absolute atomic E-state index is 9.77. The lowest BCUT2D eigenvalue weighted by molar-refractivity contribution is -0.168. The van der Waals surface area contributed by atoms with Crippen LogP contribution in [0.1, 0.15) is 59.8 Å². The average Bonchev–Trinajstić information content (AvgIpc) is 3.10. The van der Waals surface area contributed by atoms with Gasteiger partial charge in [0.15, 0.2) is 12.0 Å². The zero-order valence-corrected chi connectivity index (χ0v) is 13.9. The quantitative estimate of drug-likeness (QED) is 0.407. The van der Waals surface area contributed by atoms with Gasteiger partial charge in [0.05, 0.1) is 11.7 Å². The molecule has 0 aromatic carbocycles. The van der Waals surface area contributed by atoms with Crippen LogP contribution in [-0.2, 0) is 18.9 Å². The first kappa shape index (κ1) is 17.4. The van der Waals surface area contributed by atoms with Crippen molar-refractivity contribution >= 4 is 0 Å². The minimum absolute atomic E-state index is 0.00744. The van der Waals surface area contributed by atoms with Crippen LogP contribution < -0.4 is 0 Å². The Morgan fingerprint density at radius 2 is 1.95 bits per heavy atom. The van der Waals surface area contributed by atoms with E-state index in [0.29, 0.717) is 12.8 Å². The molecule has 0 amide bonds. The molecule has 4 atom stereocenters. The van der Waals surface area contributed by atoms with Gasteiger partial charge in [-0.3, -0.25) is 0 Å². The SMILES string of the molecule is CC(CCCCC(O)OC(C)(C)C)OC1=C(O)C[C@H]2OC2O1. The van der Waals surface area contributed by atoms with Gasteiger partial charge in [-0.25, -0.2) is 0 Å². The second-order valence-corrected chi connectivity index (χ2v) is 7.00. The highest BCUT2D eigenvalue weighted by atomic mass is 16.8. The molecule has 2 heterocycles. The number of hydrogen-bond acceptors (Lipinski definition) is 6. The van der Waals surface area contributed by atoms with Crippen molar-refractivity contribution in [2.75, 3.05) is 0 Å². The molecular formula is C16H28O6. The largest absolute Gasteiger partial charge is 0.506 e. The van der Waals surface area contributed by atoms with Crippen molar-refractivity contribution < 1.29 is 29.2 Å². The van der Waals surface area contributed by atoms with E-state index in [1.54, 1.807) is 0 Å². The highest BCUT2D eigenvalue weighted by molar-refractivity contribution is 5.05. The number of ether oxygens (including phenoxy) is 4. The minimum atomic E-state index is -0.728. The lowest BCUT2D eigenvalue weighted by atomic mass is 10.1. The van der Waals surface area contributed by atoms with Gasteiger partial charge < -0.3 is 29.2 Å². The van der Waals surface area contributed by atoms with Crippen molar-refractivity contribution in [3.8, 4) is 0 Å². The van der Waals surface area contributed by atoms with E-state index in [4.69, 9.17) is 18.9 Å². The van der Waals surface area contributed by atoms with E-state index < -0.39 is 6.29 Å². The highest BCUT2D eigenvalue weighted by Gasteiger charge is 2.47. The summed E-state index contributed by atoms with van der Waals surface area (Å²) >= 11 is 0. The van der Waals surface area contributed by atoms with E-state index in [-0.39, 0.29) is 35.8 Å². The molecule has 0 aromatic rings. The number of fused-ring (bicyclic) bond motifs is 1. The van der Waals surface area contributed by atoms with Gasteiger partial charge in [-0.15, -0.1) is 0 Å². The van der Waals surface area contributed by atoms with E-state index in [1.807, 2.05) is 27.7 Å². The third-order valence-corrected chi connectivity index (χ3v) is 3.50. The predicted molar refractivity (Wildman–Crippen MR) is 79.9 cm³/mol. The maximum Gasteiger partial charge on any atom is 0.321 e. The smallest absolute Gasteiger partial charge is 0.321 e. The molecule has 2 aliphatic heterocycles. The zero-order valence-electron chi connectivity index (χ0n) is 13.9. The first-order valence-corrected chi connectivity index (χ1v) is 8.01. The maximum atomic E-state index is 9.77. The number of aliphatic hydroxyl groups is 2. The molecule has 0 aliphatic carbocycles. The van der Waals surface area contributed by atoms with Gasteiger partial charge in [-0.05, 0) is 53.4 Å². The number of aliphatic hydroxyl groups excluding tert-OH is 2. The Hall–Kier alpha value is -0.980. The van der Waals surface area contributed by atoms with Crippen molar-refractivity contribution in [1.82, 2.24) is 0 Å². The summed E-state index contributed by atoms with van der Waals surface area (Å²) in [5.41, 5.74) is -0.332. The van der Waals surface area contributed by atoms with Crippen LogP contribution in [0.4, 0.5) is 0 Å². The van der Waals surface area contributed by atoms with E-state index >= 15 is 0 Å². The molecule has 2 aliphatic rings. The number of unbranched alkanes of at least 4 members (excludes halogenated alkanes) is 1. The van der Waals surface area contributed by atoms with Crippen LogP contribution in [0.5, 0.6) is 0 Å². The molecule has 22 heavy (non-hydrogen) atoms. The molecule has 0 spiro atoms. The molecule has 6 heteroatoms. The van der Waals surface area contributed by atoms with Gasteiger partial charge in [0, 0.05) is 6.42 Å². The minimum Gasteiger partial charge on any atom is -0.506 e. The second kappa shape index (κ2) is 7.06. The molecule has 3 unspecified atom stereocenters. The molecule has 6 nitrogen and oxygen atoms in total. The van der Waals surface area contributed by atoms with Gasteiger partial charge in [0.1, 0.15) is 6.10 Å². The molecule has 0 bridgehead atoms. The fraction of sp³-hybridized carbons (Fsp3) is 0.875. The Bertz CT molecular complexity index is 400. The summed E-state index contributed by atoms with van der Waals surface area (Å²) in [6, 6.07) is 0. The predicted octanol–water partition coefficient (Wildman–Crippen LogP) is 2.96. The number of rotatable bonds is 8.